The van der Waals surface area contributed by atoms with Crippen molar-refractivity contribution in [1.29, 1.82) is 0 Å². The predicted molar refractivity (Wildman–Crippen MR) is 115 cm³/mol. The summed E-state index contributed by atoms with van der Waals surface area (Å²) in [6.45, 7) is 1.88. The molecule has 1 aromatic heterocycles. The Morgan fingerprint density at radius 1 is 1.22 bits per heavy atom. The molecule has 6 nitrogen and oxygen atoms in total. The second-order valence-corrected chi connectivity index (χ2v) is 8.31. The Kier molecular flexibility index (Phi) is 5.98. The molecule has 170 valence electrons. The highest BCUT2D eigenvalue weighted by Crippen LogP contribution is 2.33. The third-order valence-electron chi connectivity index (χ3n) is 6.02. The van der Waals surface area contributed by atoms with Gasteiger partial charge in [0, 0.05) is 17.1 Å². The zero-order valence-electron chi connectivity index (χ0n) is 17.4. The van der Waals surface area contributed by atoms with Crippen LogP contribution in [0.5, 0.6) is 0 Å². The fourth-order valence-electron chi connectivity index (χ4n) is 4.24. The molecule has 1 aliphatic heterocycles. The van der Waals surface area contributed by atoms with Gasteiger partial charge in [-0.2, -0.15) is 13.2 Å². The van der Waals surface area contributed by atoms with Crippen LogP contribution in [-0.4, -0.2) is 39.3 Å². The molecule has 5 N–H and O–H groups in total. The lowest BCUT2D eigenvalue weighted by atomic mass is 9.95. The first-order valence-electron chi connectivity index (χ1n) is 10.4. The van der Waals surface area contributed by atoms with Crippen molar-refractivity contribution in [2.45, 2.75) is 50.1 Å². The molecule has 0 amide bonds. The number of H-pyrrole nitrogens is 1. The molecule has 0 spiro atoms. The smallest absolute Gasteiger partial charge is 0.416 e. The highest BCUT2D eigenvalue weighted by atomic mass is 19.4. The molecule has 2 heterocycles. The molecule has 3 aromatic rings. The van der Waals surface area contributed by atoms with Gasteiger partial charge in [0.05, 0.1) is 17.8 Å². The summed E-state index contributed by atoms with van der Waals surface area (Å²) < 4.78 is 38.3. The molecular weight excluding hydrogens is 421 g/mol. The Hall–Kier alpha value is -2.88. The van der Waals surface area contributed by atoms with E-state index < -0.39 is 29.9 Å². The number of halogens is 3. The Bertz CT molecular complexity index is 1100. The first kappa shape index (κ1) is 22.3. The number of aromatic nitrogens is 1. The number of nitrogens with zero attached hydrogens (tertiary/aromatic N) is 1. The lowest BCUT2D eigenvalue weighted by molar-refractivity contribution is -0.138. The van der Waals surface area contributed by atoms with Gasteiger partial charge in [-0.25, -0.2) is 10.4 Å². The molecule has 3 unspecified atom stereocenters. The average molecular weight is 446 g/mol. The maximum absolute atomic E-state index is 12.8. The van der Waals surface area contributed by atoms with E-state index in [9.17, 15) is 23.1 Å². The van der Waals surface area contributed by atoms with Crippen molar-refractivity contribution in [3.8, 4) is 0 Å². The number of para-hydroxylation sites is 1. The fraction of sp³-hybridized carbons (Fsp3) is 0.348. The number of hydrogen-bond acceptors (Lipinski definition) is 4. The summed E-state index contributed by atoms with van der Waals surface area (Å²) in [6, 6.07) is 12.0. The second-order valence-electron chi connectivity index (χ2n) is 8.31. The van der Waals surface area contributed by atoms with E-state index in [0.29, 0.717) is 12.8 Å². The summed E-state index contributed by atoms with van der Waals surface area (Å²) >= 11 is 0. The fourth-order valence-corrected chi connectivity index (χ4v) is 4.24. The van der Waals surface area contributed by atoms with Gasteiger partial charge in [0.1, 0.15) is 6.04 Å². The van der Waals surface area contributed by atoms with Crippen molar-refractivity contribution in [2.24, 2.45) is 5.73 Å². The number of aliphatic carboxylic acids is 1. The Morgan fingerprint density at radius 3 is 2.56 bits per heavy atom. The Balaban J connectivity index is 1.37. The monoisotopic (exact) mass is 446 g/mol. The number of fused-ring (bicyclic) bond motifs is 1. The summed E-state index contributed by atoms with van der Waals surface area (Å²) in [6.07, 6.45) is -2.03. The minimum atomic E-state index is -4.37. The SMILES string of the molecule is CC(CC(N)NN1[C@H](Cc2c[nH]c3ccccc23)[C@@H]1C(=O)O)c1ccc(C(F)(F)F)cc1. The van der Waals surface area contributed by atoms with Crippen LogP contribution < -0.4 is 11.2 Å². The Morgan fingerprint density at radius 2 is 1.91 bits per heavy atom. The molecule has 0 radical (unpaired) electrons. The zero-order chi connectivity index (χ0) is 23.0. The van der Waals surface area contributed by atoms with Gasteiger partial charge in [-0.1, -0.05) is 37.3 Å². The van der Waals surface area contributed by atoms with E-state index in [2.05, 4.69) is 10.4 Å². The number of rotatable bonds is 8. The lowest BCUT2D eigenvalue weighted by Gasteiger charge is -2.20. The number of benzene rings is 2. The van der Waals surface area contributed by atoms with E-state index in [1.165, 1.54) is 12.1 Å². The highest BCUT2D eigenvalue weighted by Gasteiger charge is 2.53. The third kappa shape index (κ3) is 4.64. The number of nitrogens with one attached hydrogen (secondary N) is 2. The standard InChI is InChI=1S/C23H25F3N4O2/c1-13(14-6-8-16(9-7-14)23(24,25)26)10-20(27)29-30-19(21(30)22(31)32)11-15-12-28-18-5-3-2-4-17(15)18/h2-9,12-13,19-21,28-29H,10-11,27H2,1H3,(H,31,32)/t13?,19-,20?,21-,30?/m1/s1. The maximum Gasteiger partial charge on any atom is 0.416 e. The van der Waals surface area contributed by atoms with Crippen LogP contribution in [0.1, 0.15) is 36.0 Å². The maximum atomic E-state index is 12.8. The third-order valence-corrected chi connectivity index (χ3v) is 6.02. The number of carboxylic acid groups (broad SMARTS) is 1. The molecule has 0 saturated carbocycles. The molecule has 9 heteroatoms. The number of alkyl halides is 3. The Labute approximate surface area is 183 Å². The number of hydrogen-bond donors (Lipinski definition) is 4. The van der Waals surface area contributed by atoms with Gasteiger partial charge in [0.2, 0.25) is 0 Å². The van der Waals surface area contributed by atoms with E-state index in [-0.39, 0.29) is 12.0 Å². The summed E-state index contributed by atoms with van der Waals surface area (Å²) in [7, 11) is 0. The van der Waals surface area contributed by atoms with Gasteiger partial charge >= 0.3 is 12.1 Å². The van der Waals surface area contributed by atoms with Crippen LogP contribution in [0.2, 0.25) is 0 Å². The second kappa shape index (κ2) is 8.57. The number of hydrazine groups is 1. The van der Waals surface area contributed by atoms with Gasteiger partial charge < -0.3 is 15.8 Å². The molecule has 4 rings (SSSR count). The van der Waals surface area contributed by atoms with Gasteiger partial charge in [0.25, 0.3) is 0 Å². The molecule has 1 fully saturated rings. The largest absolute Gasteiger partial charge is 0.480 e. The van der Waals surface area contributed by atoms with Crippen LogP contribution in [0, 0.1) is 0 Å². The summed E-state index contributed by atoms with van der Waals surface area (Å²) in [5.41, 5.74) is 11.4. The summed E-state index contributed by atoms with van der Waals surface area (Å²) in [5, 5.41) is 12.3. The molecule has 2 aromatic carbocycles. The minimum Gasteiger partial charge on any atom is -0.480 e. The van der Waals surface area contributed by atoms with Gasteiger partial charge in [-0.3, -0.25) is 4.79 Å². The number of carbonyl (C=O) groups is 1. The van der Waals surface area contributed by atoms with Crippen LogP contribution in [0.25, 0.3) is 10.9 Å². The first-order chi connectivity index (χ1) is 15.1. The molecule has 32 heavy (non-hydrogen) atoms. The molecule has 1 aliphatic rings. The molecule has 0 aliphatic carbocycles. The van der Waals surface area contributed by atoms with Crippen LogP contribution in [0.4, 0.5) is 13.2 Å². The minimum absolute atomic E-state index is 0.102. The van der Waals surface area contributed by atoms with Crippen molar-refractivity contribution >= 4 is 16.9 Å². The topological polar surface area (TPSA) is 94.1 Å². The lowest BCUT2D eigenvalue weighted by Crippen LogP contribution is -2.43. The van der Waals surface area contributed by atoms with Crippen molar-refractivity contribution in [3.63, 3.8) is 0 Å². The van der Waals surface area contributed by atoms with E-state index in [0.717, 1.165) is 34.2 Å². The van der Waals surface area contributed by atoms with Crippen molar-refractivity contribution < 1.29 is 23.1 Å². The normalized spacial score (nSPS) is 22.6. The predicted octanol–water partition coefficient (Wildman–Crippen LogP) is 3.85. The van der Waals surface area contributed by atoms with Crippen LogP contribution in [-0.2, 0) is 17.4 Å². The zero-order valence-corrected chi connectivity index (χ0v) is 17.4. The summed E-state index contributed by atoms with van der Waals surface area (Å²) in [5.74, 6) is -1.03. The average Bonchev–Trinajstić information content (AvgIpc) is 3.25. The van der Waals surface area contributed by atoms with E-state index in [1.807, 2.05) is 37.4 Å². The van der Waals surface area contributed by atoms with Crippen LogP contribution in [0.3, 0.4) is 0 Å². The number of aromatic amines is 1. The quantitative estimate of drug-likeness (QED) is 0.312. The highest BCUT2D eigenvalue weighted by molar-refractivity contribution is 5.84. The van der Waals surface area contributed by atoms with Crippen molar-refractivity contribution in [1.82, 2.24) is 15.4 Å². The van der Waals surface area contributed by atoms with E-state index in [1.54, 1.807) is 5.01 Å². The van der Waals surface area contributed by atoms with Gasteiger partial charge in [-0.15, -0.1) is 0 Å². The van der Waals surface area contributed by atoms with Crippen molar-refractivity contribution in [3.05, 3.63) is 71.4 Å². The van der Waals surface area contributed by atoms with Crippen molar-refractivity contribution in [2.75, 3.05) is 0 Å². The molecule has 5 atom stereocenters. The van der Waals surface area contributed by atoms with Gasteiger partial charge in [0.15, 0.2) is 0 Å². The first-order valence-corrected chi connectivity index (χ1v) is 10.4. The number of nitrogens with two attached hydrogens (primary N) is 1. The molecule has 0 bridgehead atoms. The summed E-state index contributed by atoms with van der Waals surface area (Å²) in [4.78, 5) is 14.9. The molecular formula is C23H25F3N4O2. The molecule has 1 saturated heterocycles. The van der Waals surface area contributed by atoms with Crippen LogP contribution in [0.15, 0.2) is 54.7 Å². The number of carboxylic acids is 1. The van der Waals surface area contributed by atoms with Crippen LogP contribution >= 0.6 is 0 Å². The van der Waals surface area contributed by atoms with E-state index >= 15 is 0 Å². The van der Waals surface area contributed by atoms with E-state index in [4.69, 9.17) is 5.73 Å². The van der Waals surface area contributed by atoms with Gasteiger partial charge in [-0.05, 0) is 48.1 Å².